The van der Waals surface area contributed by atoms with Gasteiger partial charge in [0, 0.05) is 38.0 Å². The van der Waals surface area contributed by atoms with E-state index in [1.54, 1.807) is 23.1 Å². The van der Waals surface area contributed by atoms with Gasteiger partial charge in [0.25, 0.3) is 11.8 Å². The van der Waals surface area contributed by atoms with Crippen molar-refractivity contribution in [2.75, 3.05) is 31.6 Å². The molecule has 3 aliphatic rings. The predicted octanol–water partition coefficient (Wildman–Crippen LogP) is 2.73. The molecule has 2 heterocycles. The summed E-state index contributed by atoms with van der Waals surface area (Å²) in [5.74, 6) is -0.0102. The summed E-state index contributed by atoms with van der Waals surface area (Å²) < 4.78 is 5.38. The van der Waals surface area contributed by atoms with Crippen molar-refractivity contribution in [3.63, 3.8) is 0 Å². The van der Waals surface area contributed by atoms with Crippen LogP contribution in [0.2, 0.25) is 0 Å². The number of anilines is 1. The number of imide groups is 1. The highest BCUT2D eigenvalue weighted by Crippen LogP contribution is 2.35. The zero-order valence-electron chi connectivity index (χ0n) is 15.6. The molecule has 1 saturated carbocycles. The molecule has 0 bridgehead atoms. The number of benzene rings is 1. The maximum absolute atomic E-state index is 12.7. The van der Waals surface area contributed by atoms with E-state index < -0.39 is 0 Å². The third-order valence-electron chi connectivity index (χ3n) is 5.57. The number of nitrogens with one attached hydrogen (secondary N) is 1. The monoisotopic (exact) mass is 371 g/mol. The lowest BCUT2D eigenvalue weighted by molar-refractivity contribution is 0.0576. The number of nitrogens with zero attached hydrogens (tertiary/aromatic N) is 2. The van der Waals surface area contributed by atoms with E-state index in [1.807, 2.05) is 6.92 Å². The molecule has 7 heteroatoms. The molecule has 4 amide bonds. The van der Waals surface area contributed by atoms with Crippen molar-refractivity contribution in [1.82, 2.24) is 9.80 Å². The first kappa shape index (κ1) is 18.0. The topological polar surface area (TPSA) is 79.0 Å². The van der Waals surface area contributed by atoms with Crippen molar-refractivity contribution < 1.29 is 19.1 Å². The van der Waals surface area contributed by atoms with Gasteiger partial charge in [0.1, 0.15) is 0 Å². The number of ether oxygens (including phenoxy) is 1. The Kier molecular flexibility index (Phi) is 4.86. The molecule has 1 saturated heterocycles. The first-order chi connectivity index (χ1) is 13.1. The van der Waals surface area contributed by atoms with Crippen molar-refractivity contribution in [1.29, 1.82) is 0 Å². The molecule has 1 N–H and O–H groups in total. The molecular formula is C20H25N3O4. The van der Waals surface area contributed by atoms with Crippen LogP contribution >= 0.6 is 0 Å². The normalized spacial score (nSPS) is 20.0. The Morgan fingerprint density at radius 1 is 1.15 bits per heavy atom. The van der Waals surface area contributed by atoms with Crippen LogP contribution in [0.4, 0.5) is 10.5 Å². The van der Waals surface area contributed by atoms with Crippen molar-refractivity contribution in [3.05, 3.63) is 29.3 Å². The third kappa shape index (κ3) is 3.56. The summed E-state index contributed by atoms with van der Waals surface area (Å²) in [7, 11) is 0. The number of rotatable bonds is 5. The molecule has 4 rings (SSSR count). The highest BCUT2D eigenvalue weighted by atomic mass is 16.5. The predicted molar refractivity (Wildman–Crippen MR) is 99.8 cm³/mol. The molecule has 0 unspecified atom stereocenters. The highest BCUT2D eigenvalue weighted by molar-refractivity contribution is 6.22. The van der Waals surface area contributed by atoms with Crippen LogP contribution in [0.3, 0.4) is 0 Å². The fourth-order valence-electron chi connectivity index (χ4n) is 3.80. The molecule has 1 aromatic rings. The first-order valence-electron chi connectivity index (χ1n) is 9.74. The van der Waals surface area contributed by atoms with Gasteiger partial charge in [-0.25, -0.2) is 4.79 Å². The Morgan fingerprint density at radius 2 is 1.85 bits per heavy atom. The van der Waals surface area contributed by atoms with E-state index in [9.17, 15) is 14.4 Å². The fraction of sp³-hybridized carbons (Fsp3) is 0.550. The smallest absolute Gasteiger partial charge is 0.321 e. The van der Waals surface area contributed by atoms with E-state index in [4.69, 9.17) is 4.74 Å². The Morgan fingerprint density at radius 3 is 2.52 bits per heavy atom. The Labute approximate surface area is 158 Å². The van der Waals surface area contributed by atoms with Crippen LogP contribution in [-0.4, -0.2) is 60.0 Å². The van der Waals surface area contributed by atoms with E-state index in [0.29, 0.717) is 35.8 Å². The summed E-state index contributed by atoms with van der Waals surface area (Å²) in [5, 5.41) is 2.88. The van der Waals surface area contributed by atoms with E-state index in [0.717, 1.165) is 38.9 Å². The average Bonchev–Trinajstić information content (AvgIpc) is 3.48. The summed E-state index contributed by atoms with van der Waals surface area (Å²) in [6, 6.07) is 4.83. The second-order valence-electron chi connectivity index (χ2n) is 7.50. The second kappa shape index (κ2) is 7.31. The number of carbonyl (C=O) groups excluding carboxylic acids is 3. The zero-order chi connectivity index (χ0) is 19.0. The molecule has 2 aliphatic heterocycles. The SMILES string of the molecule is CCN(CC1CCOCC1)C(=O)Nc1ccc2c(c1)C(=O)N(C1CC1)C2=O. The summed E-state index contributed by atoms with van der Waals surface area (Å²) in [4.78, 5) is 40.8. The van der Waals surface area contributed by atoms with Crippen LogP contribution in [0.1, 0.15) is 53.3 Å². The molecule has 27 heavy (non-hydrogen) atoms. The number of hydrogen-bond donors (Lipinski definition) is 1. The van der Waals surface area contributed by atoms with Gasteiger partial charge < -0.3 is 15.0 Å². The van der Waals surface area contributed by atoms with Crippen molar-refractivity contribution in [3.8, 4) is 0 Å². The standard InChI is InChI=1S/C20H25N3O4/c1-2-22(12-13-7-9-27-10-8-13)20(26)21-14-3-6-16-17(11-14)19(25)23(18(16)24)15-4-5-15/h3,6,11,13,15H,2,4-5,7-10,12H2,1H3,(H,21,26). The Bertz CT molecular complexity index is 768. The van der Waals surface area contributed by atoms with Crippen LogP contribution < -0.4 is 5.32 Å². The van der Waals surface area contributed by atoms with E-state index in [-0.39, 0.29) is 23.9 Å². The van der Waals surface area contributed by atoms with E-state index >= 15 is 0 Å². The molecule has 1 aromatic carbocycles. The fourth-order valence-corrected chi connectivity index (χ4v) is 3.80. The molecule has 7 nitrogen and oxygen atoms in total. The van der Waals surface area contributed by atoms with Gasteiger partial charge >= 0.3 is 6.03 Å². The average molecular weight is 371 g/mol. The minimum Gasteiger partial charge on any atom is -0.381 e. The van der Waals surface area contributed by atoms with Gasteiger partial charge in [0.15, 0.2) is 0 Å². The van der Waals surface area contributed by atoms with Crippen molar-refractivity contribution >= 4 is 23.5 Å². The van der Waals surface area contributed by atoms with Crippen LogP contribution in [0.5, 0.6) is 0 Å². The van der Waals surface area contributed by atoms with Crippen LogP contribution in [0.15, 0.2) is 18.2 Å². The molecule has 0 aromatic heterocycles. The van der Waals surface area contributed by atoms with Crippen LogP contribution in [0, 0.1) is 5.92 Å². The lowest BCUT2D eigenvalue weighted by Gasteiger charge is -2.29. The minimum absolute atomic E-state index is 0.0468. The van der Waals surface area contributed by atoms with E-state index in [1.165, 1.54) is 4.90 Å². The Hall–Kier alpha value is -2.41. The van der Waals surface area contributed by atoms with Gasteiger partial charge in [0.2, 0.25) is 0 Å². The van der Waals surface area contributed by atoms with Gasteiger partial charge in [-0.3, -0.25) is 14.5 Å². The van der Waals surface area contributed by atoms with Crippen molar-refractivity contribution in [2.24, 2.45) is 5.92 Å². The van der Waals surface area contributed by atoms with Gasteiger partial charge in [0.05, 0.1) is 11.1 Å². The van der Waals surface area contributed by atoms with E-state index in [2.05, 4.69) is 5.32 Å². The molecule has 2 fully saturated rings. The number of urea groups is 1. The molecule has 0 spiro atoms. The largest absolute Gasteiger partial charge is 0.381 e. The van der Waals surface area contributed by atoms with Gasteiger partial charge in [-0.1, -0.05) is 0 Å². The maximum atomic E-state index is 12.7. The quantitative estimate of drug-likeness (QED) is 0.807. The number of carbonyl (C=O) groups is 3. The molecule has 144 valence electrons. The van der Waals surface area contributed by atoms with Gasteiger partial charge in [-0.2, -0.15) is 0 Å². The second-order valence-corrected chi connectivity index (χ2v) is 7.50. The zero-order valence-corrected chi connectivity index (χ0v) is 15.6. The summed E-state index contributed by atoms with van der Waals surface area (Å²) in [6.07, 6.45) is 3.70. The summed E-state index contributed by atoms with van der Waals surface area (Å²) in [5.41, 5.74) is 1.36. The van der Waals surface area contributed by atoms with Crippen LogP contribution in [-0.2, 0) is 4.74 Å². The summed E-state index contributed by atoms with van der Waals surface area (Å²) in [6.45, 7) is 4.77. The molecule has 0 atom stereocenters. The minimum atomic E-state index is -0.247. The number of hydrogen-bond acceptors (Lipinski definition) is 4. The maximum Gasteiger partial charge on any atom is 0.321 e. The van der Waals surface area contributed by atoms with Crippen LogP contribution in [0.25, 0.3) is 0 Å². The lowest BCUT2D eigenvalue weighted by atomic mass is 10.00. The lowest BCUT2D eigenvalue weighted by Crippen LogP contribution is -2.39. The molecule has 1 aliphatic carbocycles. The van der Waals surface area contributed by atoms with Gasteiger partial charge in [-0.05, 0) is 56.7 Å². The summed E-state index contributed by atoms with van der Waals surface area (Å²) >= 11 is 0. The number of amides is 4. The Balaban J connectivity index is 1.44. The molecular weight excluding hydrogens is 346 g/mol. The van der Waals surface area contributed by atoms with Crippen molar-refractivity contribution in [2.45, 2.75) is 38.6 Å². The first-order valence-corrected chi connectivity index (χ1v) is 9.74. The molecule has 0 radical (unpaired) electrons. The number of fused-ring (bicyclic) bond motifs is 1. The third-order valence-corrected chi connectivity index (χ3v) is 5.57. The highest BCUT2D eigenvalue weighted by Gasteiger charge is 2.44. The van der Waals surface area contributed by atoms with Gasteiger partial charge in [-0.15, -0.1) is 0 Å².